The van der Waals surface area contributed by atoms with Crippen molar-refractivity contribution in [3.63, 3.8) is 0 Å². The van der Waals surface area contributed by atoms with Gasteiger partial charge in [0, 0.05) is 35.6 Å². The fourth-order valence-electron chi connectivity index (χ4n) is 2.86. The van der Waals surface area contributed by atoms with E-state index >= 15 is 0 Å². The second kappa shape index (κ2) is 6.11. The van der Waals surface area contributed by atoms with Gasteiger partial charge in [-0.3, -0.25) is 19.7 Å². The van der Waals surface area contributed by atoms with E-state index in [0.29, 0.717) is 23.5 Å². The Hall–Kier alpha value is -3.22. The van der Waals surface area contributed by atoms with Crippen LogP contribution in [0.3, 0.4) is 0 Å². The zero-order valence-corrected chi connectivity index (χ0v) is 12.9. The van der Waals surface area contributed by atoms with Gasteiger partial charge in [-0.1, -0.05) is 18.2 Å². The molecule has 0 bridgehead atoms. The Morgan fingerprint density at radius 3 is 2.58 bits per heavy atom. The van der Waals surface area contributed by atoms with Gasteiger partial charge in [-0.25, -0.2) is 0 Å². The SMILES string of the molecule is CCN1C(=O)C(C(=O)Nc2ccccc2)c2cc([N+](=O)[O-])ccc21. The third-order valence-electron chi connectivity index (χ3n) is 3.96. The summed E-state index contributed by atoms with van der Waals surface area (Å²) in [5.74, 6) is -1.95. The van der Waals surface area contributed by atoms with E-state index < -0.39 is 16.7 Å². The van der Waals surface area contributed by atoms with E-state index in [2.05, 4.69) is 5.32 Å². The number of carbonyl (C=O) groups excluding carboxylic acids is 2. The smallest absolute Gasteiger partial charge is 0.269 e. The number of benzene rings is 2. The van der Waals surface area contributed by atoms with E-state index in [0.717, 1.165) is 0 Å². The first-order chi connectivity index (χ1) is 11.5. The summed E-state index contributed by atoms with van der Waals surface area (Å²) < 4.78 is 0. The van der Waals surface area contributed by atoms with Crippen LogP contribution in [0.1, 0.15) is 18.4 Å². The Kier molecular flexibility index (Phi) is 3.99. The van der Waals surface area contributed by atoms with Crippen molar-refractivity contribution < 1.29 is 14.5 Å². The van der Waals surface area contributed by atoms with E-state index in [1.807, 2.05) is 6.07 Å². The third-order valence-corrected chi connectivity index (χ3v) is 3.96. The average molecular weight is 325 g/mol. The van der Waals surface area contributed by atoms with Crippen LogP contribution in [0.15, 0.2) is 48.5 Å². The minimum atomic E-state index is -1.08. The first kappa shape index (κ1) is 15.7. The van der Waals surface area contributed by atoms with Gasteiger partial charge in [-0.2, -0.15) is 0 Å². The number of non-ortho nitro benzene ring substituents is 1. The van der Waals surface area contributed by atoms with Gasteiger partial charge in [-0.05, 0) is 25.1 Å². The zero-order chi connectivity index (χ0) is 17.3. The standard InChI is InChI=1S/C17H15N3O4/c1-2-19-14-9-8-12(20(23)24)10-13(14)15(17(19)22)16(21)18-11-6-4-3-5-7-11/h3-10,15H,2H2,1H3,(H,18,21). The minimum absolute atomic E-state index is 0.142. The van der Waals surface area contributed by atoms with Crippen LogP contribution >= 0.6 is 0 Å². The van der Waals surface area contributed by atoms with Gasteiger partial charge in [0.15, 0.2) is 0 Å². The highest BCUT2D eigenvalue weighted by Gasteiger charge is 2.42. The Bertz CT molecular complexity index is 820. The summed E-state index contributed by atoms with van der Waals surface area (Å²) in [5, 5.41) is 13.7. The minimum Gasteiger partial charge on any atom is -0.325 e. The van der Waals surface area contributed by atoms with Crippen molar-refractivity contribution in [2.75, 3.05) is 16.8 Å². The highest BCUT2D eigenvalue weighted by molar-refractivity contribution is 6.20. The lowest BCUT2D eigenvalue weighted by atomic mass is 9.99. The number of likely N-dealkylation sites (N-methyl/N-ethyl adjacent to an activating group) is 1. The lowest BCUT2D eigenvalue weighted by Crippen LogP contribution is -2.33. The Balaban J connectivity index is 1.99. The second-order valence-corrected chi connectivity index (χ2v) is 5.37. The molecule has 2 aromatic carbocycles. The summed E-state index contributed by atoms with van der Waals surface area (Å²) in [6.07, 6.45) is 0. The number of nitrogens with one attached hydrogen (secondary N) is 1. The van der Waals surface area contributed by atoms with Crippen LogP contribution in [0.2, 0.25) is 0 Å². The number of nitrogens with zero attached hydrogens (tertiary/aromatic N) is 2. The lowest BCUT2D eigenvalue weighted by Gasteiger charge is -2.15. The van der Waals surface area contributed by atoms with E-state index in [9.17, 15) is 19.7 Å². The summed E-state index contributed by atoms with van der Waals surface area (Å²) in [5.41, 5.74) is 1.33. The largest absolute Gasteiger partial charge is 0.325 e. The van der Waals surface area contributed by atoms with Gasteiger partial charge < -0.3 is 10.2 Å². The molecule has 0 aromatic heterocycles. The monoisotopic (exact) mass is 325 g/mol. The van der Waals surface area contributed by atoms with Crippen molar-refractivity contribution in [1.29, 1.82) is 0 Å². The fraction of sp³-hybridized carbons (Fsp3) is 0.176. The normalized spacial score (nSPS) is 16.0. The van der Waals surface area contributed by atoms with Crippen molar-refractivity contribution in [3.8, 4) is 0 Å². The number of rotatable bonds is 4. The molecule has 0 spiro atoms. The highest BCUT2D eigenvalue weighted by Crippen LogP contribution is 2.39. The summed E-state index contributed by atoms with van der Waals surface area (Å²) in [6.45, 7) is 2.18. The number of nitro benzene ring substituents is 1. The third kappa shape index (κ3) is 2.60. The maximum atomic E-state index is 12.6. The molecule has 1 aliphatic rings. The molecule has 3 rings (SSSR count). The Morgan fingerprint density at radius 1 is 1.25 bits per heavy atom. The molecule has 1 N–H and O–H groups in total. The van der Waals surface area contributed by atoms with Crippen molar-refractivity contribution in [1.82, 2.24) is 0 Å². The van der Waals surface area contributed by atoms with Crippen LogP contribution in [-0.4, -0.2) is 23.3 Å². The molecule has 1 aliphatic heterocycles. The van der Waals surface area contributed by atoms with Crippen molar-refractivity contribution in [3.05, 3.63) is 64.2 Å². The topological polar surface area (TPSA) is 92.6 Å². The number of fused-ring (bicyclic) bond motifs is 1. The lowest BCUT2D eigenvalue weighted by molar-refractivity contribution is -0.384. The molecule has 24 heavy (non-hydrogen) atoms. The number of anilines is 2. The molecular formula is C17H15N3O4. The van der Waals surface area contributed by atoms with Gasteiger partial charge in [0.2, 0.25) is 11.8 Å². The number of amides is 2. The van der Waals surface area contributed by atoms with E-state index in [4.69, 9.17) is 0 Å². The van der Waals surface area contributed by atoms with Crippen LogP contribution < -0.4 is 10.2 Å². The van der Waals surface area contributed by atoms with Crippen LogP contribution in [0.25, 0.3) is 0 Å². The van der Waals surface area contributed by atoms with E-state index in [1.165, 1.54) is 23.1 Å². The number of hydrogen-bond acceptors (Lipinski definition) is 4. The van der Waals surface area contributed by atoms with Gasteiger partial charge in [-0.15, -0.1) is 0 Å². The Labute approximate surface area is 138 Å². The summed E-state index contributed by atoms with van der Waals surface area (Å²) >= 11 is 0. The first-order valence-corrected chi connectivity index (χ1v) is 7.48. The summed E-state index contributed by atoms with van der Waals surface area (Å²) in [7, 11) is 0. The maximum Gasteiger partial charge on any atom is 0.269 e. The number of para-hydroxylation sites is 1. The molecule has 0 saturated carbocycles. The van der Waals surface area contributed by atoms with Crippen LogP contribution in [0, 0.1) is 10.1 Å². The van der Waals surface area contributed by atoms with Gasteiger partial charge >= 0.3 is 0 Å². The highest BCUT2D eigenvalue weighted by atomic mass is 16.6. The first-order valence-electron chi connectivity index (χ1n) is 7.48. The molecule has 2 aromatic rings. The molecule has 2 amide bonds. The van der Waals surface area contributed by atoms with E-state index in [1.54, 1.807) is 31.2 Å². The molecule has 7 heteroatoms. The number of hydrogen-bond donors (Lipinski definition) is 1. The molecule has 1 unspecified atom stereocenters. The quantitative estimate of drug-likeness (QED) is 0.531. The number of nitro groups is 1. The average Bonchev–Trinajstić information content (AvgIpc) is 2.86. The molecule has 0 aliphatic carbocycles. The molecule has 0 saturated heterocycles. The second-order valence-electron chi connectivity index (χ2n) is 5.37. The Morgan fingerprint density at radius 2 is 1.96 bits per heavy atom. The van der Waals surface area contributed by atoms with Gasteiger partial charge in [0.1, 0.15) is 5.92 Å². The maximum absolute atomic E-state index is 12.6. The molecule has 0 radical (unpaired) electrons. The fourth-order valence-corrected chi connectivity index (χ4v) is 2.86. The summed E-state index contributed by atoms with van der Waals surface area (Å²) in [6, 6.07) is 12.9. The molecule has 7 nitrogen and oxygen atoms in total. The van der Waals surface area contributed by atoms with Crippen molar-refractivity contribution in [2.45, 2.75) is 12.8 Å². The zero-order valence-electron chi connectivity index (χ0n) is 12.9. The van der Waals surface area contributed by atoms with Gasteiger partial charge in [0.25, 0.3) is 5.69 Å². The van der Waals surface area contributed by atoms with Crippen molar-refractivity contribution in [2.24, 2.45) is 0 Å². The summed E-state index contributed by atoms with van der Waals surface area (Å²) in [4.78, 5) is 37.1. The number of carbonyl (C=O) groups is 2. The van der Waals surface area contributed by atoms with Crippen LogP contribution in [0.4, 0.5) is 17.1 Å². The predicted octanol–water partition coefficient (Wildman–Crippen LogP) is 2.68. The van der Waals surface area contributed by atoms with Crippen LogP contribution in [0.5, 0.6) is 0 Å². The van der Waals surface area contributed by atoms with Crippen molar-refractivity contribution >= 4 is 28.9 Å². The van der Waals surface area contributed by atoms with Crippen LogP contribution in [-0.2, 0) is 9.59 Å². The van der Waals surface area contributed by atoms with E-state index in [-0.39, 0.29) is 11.6 Å². The molecule has 1 atom stereocenters. The van der Waals surface area contributed by atoms with Gasteiger partial charge in [0.05, 0.1) is 4.92 Å². The molecule has 122 valence electrons. The predicted molar refractivity (Wildman–Crippen MR) is 88.9 cm³/mol. The molecular weight excluding hydrogens is 310 g/mol. The molecule has 0 fully saturated rings. The molecule has 1 heterocycles.